The van der Waals surface area contributed by atoms with E-state index in [1.54, 1.807) is 24.4 Å². The molecule has 0 spiro atoms. The van der Waals surface area contributed by atoms with Gasteiger partial charge in [0.15, 0.2) is 5.65 Å². The lowest BCUT2D eigenvalue weighted by Gasteiger charge is -2.24. The predicted molar refractivity (Wildman–Crippen MR) is 120 cm³/mol. The van der Waals surface area contributed by atoms with E-state index in [0.717, 1.165) is 18.4 Å². The molecule has 11 nitrogen and oxygen atoms in total. The topological polar surface area (TPSA) is 133 Å². The SMILES string of the molecule is CC(C)c1cnn2c(OC(=O)NCc3cccc([N+](=O)[O-])c3)cc(NC3CCOCC3)nc12. The molecule has 1 amide bonds. The lowest BCUT2D eigenvalue weighted by atomic mass is 10.1. The first-order valence-electron chi connectivity index (χ1n) is 10.8. The van der Waals surface area contributed by atoms with Gasteiger partial charge in [-0.05, 0) is 24.3 Å². The molecule has 1 fully saturated rings. The highest BCUT2D eigenvalue weighted by Crippen LogP contribution is 2.26. The molecule has 2 aromatic heterocycles. The van der Waals surface area contributed by atoms with Crippen LogP contribution in [0.25, 0.3) is 5.65 Å². The summed E-state index contributed by atoms with van der Waals surface area (Å²) in [4.78, 5) is 27.7. The molecule has 3 heterocycles. The maximum atomic E-state index is 12.5. The molecule has 1 aliphatic rings. The van der Waals surface area contributed by atoms with E-state index in [2.05, 4.69) is 15.7 Å². The Morgan fingerprint density at radius 1 is 1.33 bits per heavy atom. The first-order chi connectivity index (χ1) is 15.9. The molecular weight excluding hydrogens is 428 g/mol. The van der Waals surface area contributed by atoms with Crippen LogP contribution in [-0.2, 0) is 11.3 Å². The fraction of sp³-hybridized carbons (Fsp3) is 0.409. The molecule has 0 saturated carbocycles. The fourth-order valence-corrected chi connectivity index (χ4v) is 3.64. The van der Waals surface area contributed by atoms with E-state index in [0.29, 0.717) is 30.2 Å². The van der Waals surface area contributed by atoms with Crippen LogP contribution in [0.4, 0.5) is 16.3 Å². The van der Waals surface area contributed by atoms with Gasteiger partial charge < -0.3 is 20.1 Å². The van der Waals surface area contributed by atoms with Gasteiger partial charge in [-0.3, -0.25) is 10.1 Å². The van der Waals surface area contributed by atoms with Crippen molar-refractivity contribution in [2.24, 2.45) is 0 Å². The molecule has 3 aromatic rings. The van der Waals surface area contributed by atoms with E-state index in [1.165, 1.54) is 16.6 Å². The Balaban J connectivity index is 1.53. The first-order valence-corrected chi connectivity index (χ1v) is 10.8. The summed E-state index contributed by atoms with van der Waals surface area (Å²) in [5, 5.41) is 21.3. The number of nitro benzene ring substituents is 1. The smallest absolute Gasteiger partial charge is 0.391 e. The van der Waals surface area contributed by atoms with Crippen molar-refractivity contribution < 1.29 is 19.2 Å². The highest BCUT2D eigenvalue weighted by molar-refractivity contribution is 5.71. The molecular formula is C22H26N6O5. The van der Waals surface area contributed by atoms with Crippen molar-refractivity contribution in [3.05, 3.63) is 57.8 Å². The Morgan fingerprint density at radius 2 is 2.12 bits per heavy atom. The van der Waals surface area contributed by atoms with Crippen molar-refractivity contribution in [1.29, 1.82) is 0 Å². The molecule has 0 aliphatic carbocycles. The monoisotopic (exact) mass is 454 g/mol. The van der Waals surface area contributed by atoms with Crippen molar-refractivity contribution in [2.75, 3.05) is 18.5 Å². The van der Waals surface area contributed by atoms with E-state index >= 15 is 0 Å². The van der Waals surface area contributed by atoms with Crippen LogP contribution in [0.15, 0.2) is 36.5 Å². The van der Waals surface area contributed by atoms with Gasteiger partial charge in [-0.25, -0.2) is 9.78 Å². The minimum atomic E-state index is -0.701. The molecule has 1 aromatic carbocycles. The van der Waals surface area contributed by atoms with Crippen LogP contribution < -0.4 is 15.4 Å². The van der Waals surface area contributed by atoms with Crippen LogP contribution >= 0.6 is 0 Å². The van der Waals surface area contributed by atoms with Crippen LogP contribution in [-0.4, -0.2) is 44.9 Å². The number of hydrogen-bond acceptors (Lipinski definition) is 8. The molecule has 0 radical (unpaired) electrons. The van der Waals surface area contributed by atoms with Crippen LogP contribution in [0.2, 0.25) is 0 Å². The van der Waals surface area contributed by atoms with Crippen molar-refractivity contribution in [3.63, 3.8) is 0 Å². The summed E-state index contributed by atoms with van der Waals surface area (Å²) in [6, 6.07) is 7.92. The van der Waals surface area contributed by atoms with Gasteiger partial charge in [0, 0.05) is 49.6 Å². The highest BCUT2D eigenvalue weighted by atomic mass is 16.6. The van der Waals surface area contributed by atoms with E-state index in [1.807, 2.05) is 13.8 Å². The Hall–Kier alpha value is -3.73. The zero-order valence-electron chi connectivity index (χ0n) is 18.5. The molecule has 1 saturated heterocycles. The molecule has 174 valence electrons. The van der Waals surface area contributed by atoms with Crippen LogP contribution in [0.3, 0.4) is 0 Å². The number of carbonyl (C=O) groups is 1. The molecule has 11 heteroatoms. The number of amides is 1. The first kappa shape index (κ1) is 22.5. The fourth-order valence-electron chi connectivity index (χ4n) is 3.64. The number of non-ortho nitro benzene ring substituents is 1. The maximum Gasteiger partial charge on any atom is 0.414 e. The number of rotatable bonds is 7. The molecule has 2 N–H and O–H groups in total. The third-order valence-electron chi connectivity index (χ3n) is 5.42. The van der Waals surface area contributed by atoms with Gasteiger partial charge in [0.25, 0.3) is 5.69 Å². The molecule has 1 aliphatic heterocycles. The summed E-state index contributed by atoms with van der Waals surface area (Å²) < 4.78 is 12.5. The highest BCUT2D eigenvalue weighted by Gasteiger charge is 2.20. The number of carbonyl (C=O) groups excluding carboxylic acids is 1. The molecule has 0 atom stereocenters. The van der Waals surface area contributed by atoms with E-state index < -0.39 is 11.0 Å². The van der Waals surface area contributed by atoms with Gasteiger partial charge in [-0.1, -0.05) is 26.0 Å². The third kappa shape index (κ3) is 5.37. The van der Waals surface area contributed by atoms with Gasteiger partial charge in [0.2, 0.25) is 5.88 Å². The zero-order chi connectivity index (χ0) is 23.4. The predicted octanol–water partition coefficient (Wildman–Crippen LogP) is 3.64. The van der Waals surface area contributed by atoms with Crippen LogP contribution in [0, 0.1) is 10.1 Å². The number of nitrogens with one attached hydrogen (secondary N) is 2. The summed E-state index contributed by atoms with van der Waals surface area (Å²) in [7, 11) is 0. The van der Waals surface area contributed by atoms with E-state index in [9.17, 15) is 14.9 Å². The molecule has 0 bridgehead atoms. The van der Waals surface area contributed by atoms with E-state index in [4.69, 9.17) is 14.5 Å². The quantitative estimate of drug-likeness (QED) is 0.408. The van der Waals surface area contributed by atoms with Crippen molar-refractivity contribution in [3.8, 4) is 5.88 Å². The summed E-state index contributed by atoms with van der Waals surface area (Å²) in [6.07, 6.45) is 2.75. The van der Waals surface area contributed by atoms with Crippen molar-refractivity contribution in [1.82, 2.24) is 19.9 Å². The third-order valence-corrected chi connectivity index (χ3v) is 5.42. The Bertz CT molecular complexity index is 1160. The summed E-state index contributed by atoms with van der Waals surface area (Å²) in [5.41, 5.74) is 2.10. The van der Waals surface area contributed by atoms with E-state index in [-0.39, 0.29) is 30.1 Å². The van der Waals surface area contributed by atoms with Crippen LogP contribution in [0.5, 0.6) is 5.88 Å². The Labute approximate surface area is 190 Å². The molecule has 33 heavy (non-hydrogen) atoms. The van der Waals surface area contributed by atoms with Gasteiger partial charge in [-0.2, -0.15) is 9.61 Å². The second kappa shape index (κ2) is 9.82. The second-order valence-corrected chi connectivity index (χ2v) is 8.17. The Kier molecular flexibility index (Phi) is 6.68. The Morgan fingerprint density at radius 3 is 2.85 bits per heavy atom. The molecule has 0 unspecified atom stereocenters. The van der Waals surface area contributed by atoms with Crippen molar-refractivity contribution in [2.45, 2.75) is 45.2 Å². The minimum Gasteiger partial charge on any atom is -0.391 e. The summed E-state index contributed by atoms with van der Waals surface area (Å²) in [6.45, 7) is 5.55. The largest absolute Gasteiger partial charge is 0.414 e. The lowest BCUT2D eigenvalue weighted by molar-refractivity contribution is -0.384. The maximum absolute atomic E-state index is 12.5. The van der Waals surface area contributed by atoms with Gasteiger partial charge in [0.05, 0.1) is 11.1 Å². The normalized spacial score (nSPS) is 14.4. The number of fused-ring (bicyclic) bond motifs is 1. The average molecular weight is 454 g/mol. The second-order valence-electron chi connectivity index (χ2n) is 8.17. The lowest BCUT2D eigenvalue weighted by Crippen LogP contribution is -2.29. The van der Waals surface area contributed by atoms with Gasteiger partial charge >= 0.3 is 6.09 Å². The van der Waals surface area contributed by atoms with Crippen LogP contribution in [0.1, 0.15) is 43.7 Å². The zero-order valence-corrected chi connectivity index (χ0v) is 18.5. The summed E-state index contributed by atoms with van der Waals surface area (Å²) >= 11 is 0. The van der Waals surface area contributed by atoms with Gasteiger partial charge in [0.1, 0.15) is 5.82 Å². The average Bonchev–Trinajstić information content (AvgIpc) is 3.23. The number of anilines is 1. The number of hydrogen-bond donors (Lipinski definition) is 2. The standard InChI is InChI=1S/C22H26N6O5/c1-14(2)18-13-24-27-20(11-19(26-21(18)27)25-16-6-8-32-9-7-16)33-22(29)23-12-15-4-3-5-17(10-15)28(30)31/h3-5,10-11,13-14,16H,6-9,12H2,1-2H3,(H,23,29)(H,25,26). The van der Waals surface area contributed by atoms with Gasteiger partial charge in [-0.15, -0.1) is 0 Å². The minimum absolute atomic E-state index is 0.0416. The van der Waals surface area contributed by atoms with Crippen molar-refractivity contribution >= 4 is 23.2 Å². The number of nitro groups is 1. The number of ether oxygens (including phenoxy) is 2. The number of nitrogens with zero attached hydrogens (tertiary/aromatic N) is 4. The molecule has 4 rings (SSSR count). The number of aromatic nitrogens is 3. The number of benzene rings is 1. The summed E-state index contributed by atoms with van der Waals surface area (Å²) in [5.74, 6) is 1.00.